The summed E-state index contributed by atoms with van der Waals surface area (Å²) in [6.45, 7) is 39.1. The molecule has 0 saturated heterocycles. The monoisotopic (exact) mass is 758 g/mol. The van der Waals surface area contributed by atoms with Crippen molar-refractivity contribution in [1.82, 2.24) is 23.8 Å². The van der Waals surface area contributed by atoms with Crippen molar-refractivity contribution in [3.8, 4) is 0 Å². The van der Waals surface area contributed by atoms with Gasteiger partial charge in [0.15, 0.2) is 0 Å². The number of hydrogen-bond donors (Lipinski definition) is 0. The summed E-state index contributed by atoms with van der Waals surface area (Å²) < 4.78 is 4.61. The molecule has 0 saturated carbocycles. The molecule has 4 aromatic carbocycles. The van der Waals surface area contributed by atoms with Crippen LogP contribution in [0.5, 0.6) is 0 Å². The molecule has 5 heteroatoms. The molecule has 0 aliphatic rings. The first-order valence-electron chi connectivity index (χ1n) is 21.7. The predicted molar refractivity (Wildman–Crippen MR) is 257 cm³/mol. The third-order valence-corrected chi connectivity index (χ3v) is 9.06. The lowest BCUT2D eigenvalue weighted by atomic mass is 10.2. The zero-order chi connectivity index (χ0) is 42.8. The van der Waals surface area contributed by atoms with Crippen molar-refractivity contribution >= 4 is 43.6 Å². The molecule has 0 spiro atoms. The van der Waals surface area contributed by atoms with Crippen LogP contribution >= 0.6 is 0 Å². The summed E-state index contributed by atoms with van der Waals surface area (Å²) in [5.74, 6) is 0. The number of fused-ring (bicyclic) bond motifs is 6. The van der Waals surface area contributed by atoms with Gasteiger partial charge in [0.2, 0.25) is 0 Å². The lowest BCUT2D eigenvalue weighted by molar-refractivity contribution is 0.373. The van der Waals surface area contributed by atoms with E-state index >= 15 is 0 Å². The number of aromatic nitrogens is 2. The van der Waals surface area contributed by atoms with Gasteiger partial charge in [-0.05, 0) is 91.6 Å². The first-order chi connectivity index (χ1) is 26.7. The number of para-hydroxylation sites is 4. The number of nitrogens with zero attached hydrogens (tertiary/aromatic N) is 5. The highest BCUT2D eigenvalue weighted by Gasteiger charge is 2.07. The van der Waals surface area contributed by atoms with Gasteiger partial charge >= 0.3 is 0 Å². The van der Waals surface area contributed by atoms with Crippen molar-refractivity contribution in [3.05, 3.63) is 97.1 Å². The van der Waals surface area contributed by atoms with Crippen molar-refractivity contribution in [1.29, 1.82) is 0 Å². The van der Waals surface area contributed by atoms with Crippen molar-refractivity contribution in [2.24, 2.45) is 7.05 Å². The van der Waals surface area contributed by atoms with E-state index in [2.05, 4.69) is 198 Å². The summed E-state index contributed by atoms with van der Waals surface area (Å²) in [5.41, 5.74) is 5.27. The summed E-state index contributed by atoms with van der Waals surface area (Å²) in [6.07, 6.45) is 0. The van der Waals surface area contributed by atoms with Crippen LogP contribution in [-0.4, -0.2) is 84.2 Å². The summed E-state index contributed by atoms with van der Waals surface area (Å²) in [7, 11) is 8.45. The summed E-state index contributed by atoms with van der Waals surface area (Å²) in [4.78, 5) is 6.75. The molecule has 0 atom stereocenters. The lowest BCUT2D eigenvalue weighted by Crippen LogP contribution is -2.15. The molecule has 0 unspecified atom stereocenters. The average molecular weight is 758 g/mol. The fourth-order valence-corrected chi connectivity index (χ4v) is 5.13. The molecule has 0 radical (unpaired) electrons. The summed E-state index contributed by atoms with van der Waals surface area (Å²) in [6, 6.07) is 34.2. The third-order valence-electron chi connectivity index (χ3n) is 9.06. The Balaban J connectivity index is -0.000000622. The van der Waals surface area contributed by atoms with Crippen LogP contribution in [-0.2, 0) is 13.6 Å². The van der Waals surface area contributed by atoms with E-state index in [-0.39, 0.29) is 0 Å². The molecule has 2 aromatic heterocycles. The number of aryl methyl sites for hydroxylation is 2. The highest BCUT2D eigenvalue weighted by molar-refractivity contribution is 6.08. The van der Waals surface area contributed by atoms with Gasteiger partial charge in [0, 0.05) is 57.2 Å². The van der Waals surface area contributed by atoms with Gasteiger partial charge in [-0.3, -0.25) is 0 Å². The maximum Gasteiger partial charge on any atom is 0.0491 e. The zero-order valence-corrected chi connectivity index (χ0v) is 39.4. The maximum absolute atomic E-state index is 2.37. The number of hydrogen-bond acceptors (Lipinski definition) is 3. The van der Waals surface area contributed by atoms with Gasteiger partial charge < -0.3 is 23.8 Å². The second-order valence-electron chi connectivity index (χ2n) is 11.8. The van der Waals surface area contributed by atoms with Gasteiger partial charge in [0.1, 0.15) is 0 Å². The molecule has 6 aromatic rings. The van der Waals surface area contributed by atoms with Crippen molar-refractivity contribution in [2.45, 2.75) is 110 Å². The van der Waals surface area contributed by atoms with E-state index < -0.39 is 0 Å². The van der Waals surface area contributed by atoms with Crippen LogP contribution in [0.25, 0.3) is 43.6 Å². The highest BCUT2D eigenvalue weighted by atomic mass is 15.1. The van der Waals surface area contributed by atoms with Crippen LogP contribution in [0, 0.1) is 0 Å². The van der Waals surface area contributed by atoms with Gasteiger partial charge in [0.25, 0.3) is 0 Å². The third kappa shape index (κ3) is 19.2. The first-order valence-corrected chi connectivity index (χ1v) is 21.7. The quantitative estimate of drug-likeness (QED) is 0.162. The minimum absolute atomic E-state index is 1.02. The van der Waals surface area contributed by atoms with Gasteiger partial charge in [-0.25, -0.2) is 0 Å². The van der Waals surface area contributed by atoms with Gasteiger partial charge in [0.05, 0.1) is 0 Å². The molecule has 55 heavy (non-hydrogen) atoms. The molecule has 0 amide bonds. The Morgan fingerprint density at radius 3 is 0.745 bits per heavy atom. The molecule has 0 aliphatic heterocycles. The Hall–Kier alpha value is -3.64. The van der Waals surface area contributed by atoms with Gasteiger partial charge in [-0.15, -0.1) is 0 Å². The minimum atomic E-state index is 1.02. The average Bonchev–Trinajstić information content (AvgIpc) is 3.77. The minimum Gasteiger partial charge on any atom is -0.344 e. The molecule has 6 rings (SSSR count). The fraction of sp³-hybridized carbons (Fsp3) is 0.520. The Morgan fingerprint density at radius 2 is 0.545 bits per heavy atom. The molecule has 0 N–H and O–H groups in total. The molecule has 5 nitrogen and oxygen atoms in total. The van der Waals surface area contributed by atoms with E-state index in [1.54, 1.807) is 0 Å². The van der Waals surface area contributed by atoms with Crippen LogP contribution in [0.4, 0.5) is 0 Å². The molecule has 312 valence electrons. The van der Waals surface area contributed by atoms with E-state index in [0.717, 1.165) is 45.8 Å². The van der Waals surface area contributed by atoms with Crippen molar-refractivity contribution in [3.63, 3.8) is 0 Å². The van der Waals surface area contributed by atoms with E-state index in [1.165, 1.54) is 43.6 Å². The number of rotatable bonds is 7. The molecular weight excluding hydrogens is 671 g/mol. The predicted octanol–water partition coefficient (Wildman–Crippen LogP) is 14.1. The standard InChI is InChI=1S/C14H13N.C13H11N.3C5H13N.4C2H6/c1-2-15-13-9-5-3-7-11(13)12-8-4-6-10-14(12)15;1-14-12-8-4-2-6-10(12)11-7-3-5-9-13(11)14;3*1-4-6(3)5-2;4*1-2/h3-10H,2H2,1H3;2-9H,1H3;3*4-5H2,1-3H3;4*1-2H3. The second kappa shape index (κ2) is 36.0. The van der Waals surface area contributed by atoms with Gasteiger partial charge in [-0.1, -0.05) is 170 Å². The van der Waals surface area contributed by atoms with Crippen LogP contribution in [0.15, 0.2) is 97.1 Å². The largest absolute Gasteiger partial charge is 0.344 e. The van der Waals surface area contributed by atoms with E-state index in [4.69, 9.17) is 0 Å². The maximum atomic E-state index is 2.37. The van der Waals surface area contributed by atoms with Crippen LogP contribution < -0.4 is 0 Å². The Morgan fingerprint density at radius 1 is 0.345 bits per heavy atom. The van der Waals surface area contributed by atoms with Crippen molar-refractivity contribution in [2.75, 3.05) is 60.4 Å². The molecular formula is C50H87N5. The zero-order valence-electron chi connectivity index (χ0n) is 39.4. The Kier molecular flexibility index (Phi) is 36.5. The van der Waals surface area contributed by atoms with E-state index in [9.17, 15) is 0 Å². The fourth-order valence-electron chi connectivity index (χ4n) is 5.13. The highest BCUT2D eigenvalue weighted by Crippen LogP contribution is 2.28. The molecule has 2 heterocycles. The topological polar surface area (TPSA) is 19.6 Å². The van der Waals surface area contributed by atoms with E-state index in [0.29, 0.717) is 0 Å². The smallest absolute Gasteiger partial charge is 0.0491 e. The number of benzene rings is 4. The van der Waals surface area contributed by atoms with Gasteiger partial charge in [-0.2, -0.15) is 0 Å². The van der Waals surface area contributed by atoms with Crippen LogP contribution in [0.1, 0.15) is 104 Å². The molecule has 0 aliphatic carbocycles. The summed E-state index contributed by atoms with van der Waals surface area (Å²) in [5, 5.41) is 5.39. The molecule has 0 fully saturated rings. The SMILES string of the molecule is CC.CC.CC.CC.CCN(C)CC.CCN(C)CC.CCN(C)CC.CCn1c2ccccc2c2ccccc21.Cn1c2ccccc2c2ccccc21. The second-order valence-corrected chi connectivity index (χ2v) is 11.8. The molecule has 0 bridgehead atoms. The van der Waals surface area contributed by atoms with Crippen LogP contribution in [0.2, 0.25) is 0 Å². The Labute approximate surface area is 341 Å². The van der Waals surface area contributed by atoms with Crippen LogP contribution in [0.3, 0.4) is 0 Å². The van der Waals surface area contributed by atoms with E-state index in [1.807, 2.05) is 55.4 Å². The summed E-state index contributed by atoms with van der Waals surface area (Å²) >= 11 is 0. The van der Waals surface area contributed by atoms with Crippen molar-refractivity contribution < 1.29 is 0 Å². The Bertz CT molecular complexity index is 1570. The normalized spacial score (nSPS) is 9.64. The lowest BCUT2D eigenvalue weighted by Gasteiger charge is -2.07. The first kappa shape index (κ1) is 55.7.